The number of benzene rings is 2. The molecule has 0 aliphatic carbocycles. The Morgan fingerprint density at radius 1 is 1.08 bits per heavy atom. The molecule has 1 aliphatic heterocycles. The summed E-state index contributed by atoms with van der Waals surface area (Å²) < 4.78 is 5.45. The predicted octanol–water partition coefficient (Wildman–Crippen LogP) is 3.30. The first-order valence-electron chi connectivity index (χ1n) is 9.38. The molecule has 140 valence electrons. The smallest absolute Gasteiger partial charge is 0.0687 e. The van der Waals surface area contributed by atoms with Gasteiger partial charge in [-0.05, 0) is 48.8 Å². The van der Waals surface area contributed by atoms with Crippen molar-refractivity contribution in [1.82, 2.24) is 9.80 Å². The lowest BCUT2D eigenvalue weighted by Gasteiger charge is -2.32. The van der Waals surface area contributed by atoms with Crippen LogP contribution in [0.1, 0.15) is 29.7 Å². The first-order valence-corrected chi connectivity index (χ1v) is 9.38. The molecule has 3 rings (SSSR count). The molecule has 0 saturated carbocycles. The van der Waals surface area contributed by atoms with Crippen molar-refractivity contribution >= 4 is 0 Å². The lowest BCUT2D eigenvalue weighted by molar-refractivity contribution is 0.0198. The van der Waals surface area contributed by atoms with E-state index in [0.717, 1.165) is 49.5 Å². The first-order chi connectivity index (χ1) is 12.6. The second-order valence-corrected chi connectivity index (χ2v) is 7.33. The van der Waals surface area contributed by atoms with E-state index in [1.165, 1.54) is 11.1 Å². The average Bonchev–Trinajstić information content (AvgIpc) is 2.67. The van der Waals surface area contributed by atoms with Gasteiger partial charge in [-0.1, -0.05) is 42.5 Å². The van der Waals surface area contributed by atoms with Crippen LogP contribution in [-0.2, 0) is 17.9 Å². The Morgan fingerprint density at radius 2 is 1.77 bits per heavy atom. The third-order valence-corrected chi connectivity index (χ3v) is 5.14. The van der Waals surface area contributed by atoms with Gasteiger partial charge in [0, 0.05) is 25.7 Å². The summed E-state index contributed by atoms with van der Waals surface area (Å²) in [6.07, 6.45) is 0. The van der Waals surface area contributed by atoms with E-state index < -0.39 is 0 Å². The monoisotopic (exact) mass is 354 g/mol. The summed E-state index contributed by atoms with van der Waals surface area (Å²) in [5.41, 5.74) is 5.80. The van der Waals surface area contributed by atoms with Gasteiger partial charge in [0.05, 0.1) is 19.8 Å². The van der Waals surface area contributed by atoms with Gasteiger partial charge in [-0.15, -0.1) is 0 Å². The molecule has 1 unspecified atom stereocenters. The molecule has 0 spiro atoms. The zero-order chi connectivity index (χ0) is 18.5. The van der Waals surface area contributed by atoms with Crippen molar-refractivity contribution in [2.24, 2.45) is 0 Å². The summed E-state index contributed by atoms with van der Waals surface area (Å²) in [4.78, 5) is 4.60. The zero-order valence-electron chi connectivity index (χ0n) is 16.1. The Morgan fingerprint density at radius 3 is 2.38 bits per heavy atom. The van der Waals surface area contributed by atoms with Crippen molar-refractivity contribution in [2.45, 2.75) is 26.1 Å². The Labute approximate surface area is 157 Å². The zero-order valence-corrected chi connectivity index (χ0v) is 16.1. The molecule has 0 bridgehead atoms. The molecule has 2 aromatic rings. The molecular weight excluding hydrogens is 324 g/mol. The van der Waals surface area contributed by atoms with E-state index >= 15 is 0 Å². The number of ether oxygens (including phenoxy) is 1. The largest absolute Gasteiger partial charge is 0.392 e. The average molecular weight is 354 g/mol. The van der Waals surface area contributed by atoms with E-state index in [2.05, 4.69) is 73.3 Å². The maximum atomic E-state index is 9.82. The van der Waals surface area contributed by atoms with E-state index in [1.807, 2.05) is 0 Å². The van der Waals surface area contributed by atoms with E-state index in [-0.39, 0.29) is 6.61 Å². The van der Waals surface area contributed by atoms with E-state index in [1.54, 1.807) is 0 Å². The summed E-state index contributed by atoms with van der Waals surface area (Å²) in [6, 6.07) is 15.6. The molecule has 1 saturated heterocycles. The van der Waals surface area contributed by atoms with Gasteiger partial charge in [0.25, 0.3) is 0 Å². The predicted molar refractivity (Wildman–Crippen MR) is 106 cm³/mol. The minimum absolute atomic E-state index is 0.0581. The highest BCUT2D eigenvalue weighted by Crippen LogP contribution is 2.28. The highest BCUT2D eigenvalue weighted by atomic mass is 16.5. The molecule has 1 atom stereocenters. The third-order valence-electron chi connectivity index (χ3n) is 5.14. The van der Waals surface area contributed by atoms with Crippen molar-refractivity contribution in [3.8, 4) is 11.1 Å². The van der Waals surface area contributed by atoms with Gasteiger partial charge in [-0.2, -0.15) is 0 Å². The second-order valence-electron chi connectivity index (χ2n) is 7.33. The summed E-state index contributed by atoms with van der Waals surface area (Å²) in [5.74, 6) is 0. The lowest BCUT2D eigenvalue weighted by atomic mass is 9.95. The fourth-order valence-electron chi connectivity index (χ4n) is 3.64. The SMILES string of the molecule is CC(c1ccc(-c2ccc(CN(C)C)cc2CO)cc1)N1CCOCC1. The topological polar surface area (TPSA) is 35.9 Å². The van der Waals surface area contributed by atoms with Crippen LogP contribution in [0.15, 0.2) is 42.5 Å². The Bertz CT molecular complexity index is 707. The molecule has 26 heavy (non-hydrogen) atoms. The van der Waals surface area contributed by atoms with Crippen LogP contribution in [0.25, 0.3) is 11.1 Å². The van der Waals surface area contributed by atoms with Gasteiger partial charge < -0.3 is 14.7 Å². The first kappa shape index (κ1) is 19.1. The quantitative estimate of drug-likeness (QED) is 0.863. The lowest BCUT2D eigenvalue weighted by Crippen LogP contribution is -2.37. The van der Waals surface area contributed by atoms with Crippen molar-refractivity contribution in [1.29, 1.82) is 0 Å². The van der Waals surface area contributed by atoms with Gasteiger partial charge in [0.1, 0.15) is 0 Å². The maximum absolute atomic E-state index is 9.82. The van der Waals surface area contributed by atoms with Gasteiger partial charge in [0.15, 0.2) is 0 Å². The van der Waals surface area contributed by atoms with Crippen LogP contribution in [0.2, 0.25) is 0 Å². The Kier molecular flexibility index (Phi) is 6.43. The standard InChI is InChI=1S/C22H30N2O2/c1-17(24-10-12-26-13-11-24)19-5-7-20(8-6-19)22-9-4-18(15-23(2)3)14-21(22)16-25/h4-9,14,17,25H,10-13,15-16H2,1-3H3. The van der Waals surface area contributed by atoms with E-state index in [9.17, 15) is 5.11 Å². The number of hydrogen-bond donors (Lipinski definition) is 1. The van der Waals surface area contributed by atoms with Gasteiger partial charge in [-0.3, -0.25) is 4.90 Å². The van der Waals surface area contributed by atoms with Crippen LogP contribution in [0, 0.1) is 0 Å². The number of nitrogens with zero attached hydrogens (tertiary/aromatic N) is 2. The molecule has 0 amide bonds. The molecular formula is C22H30N2O2. The Hall–Kier alpha value is -1.72. The van der Waals surface area contributed by atoms with Crippen LogP contribution >= 0.6 is 0 Å². The second kappa shape index (κ2) is 8.78. The molecule has 2 aromatic carbocycles. The minimum Gasteiger partial charge on any atom is -0.392 e. The van der Waals surface area contributed by atoms with Crippen LogP contribution in [-0.4, -0.2) is 55.3 Å². The van der Waals surface area contributed by atoms with Gasteiger partial charge >= 0.3 is 0 Å². The fourth-order valence-corrected chi connectivity index (χ4v) is 3.64. The molecule has 0 aromatic heterocycles. The summed E-state index contributed by atoms with van der Waals surface area (Å²) in [6.45, 7) is 6.82. The molecule has 1 fully saturated rings. The number of morpholine rings is 1. The number of rotatable bonds is 6. The molecule has 4 heteroatoms. The van der Waals surface area contributed by atoms with Gasteiger partial charge in [0.2, 0.25) is 0 Å². The third kappa shape index (κ3) is 4.51. The van der Waals surface area contributed by atoms with Crippen LogP contribution in [0.5, 0.6) is 0 Å². The van der Waals surface area contributed by atoms with Gasteiger partial charge in [-0.25, -0.2) is 0 Å². The van der Waals surface area contributed by atoms with Crippen LogP contribution in [0.4, 0.5) is 0 Å². The fraction of sp³-hybridized carbons (Fsp3) is 0.455. The molecule has 0 radical (unpaired) electrons. The Balaban J connectivity index is 1.79. The number of aliphatic hydroxyl groups is 1. The summed E-state index contributed by atoms with van der Waals surface area (Å²) in [7, 11) is 4.11. The molecule has 4 nitrogen and oxygen atoms in total. The highest BCUT2D eigenvalue weighted by molar-refractivity contribution is 5.68. The van der Waals surface area contributed by atoms with Crippen molar-refractivity contribution in [3.05, 3.63) is 59.2 Å². The van der Waals surface area contributed by atoms with Crippen LogP contribution < -0.4 is 0 Å². The summed E-state index contributed by atoms with van der Waals surface area (Å²) in [5, 5.41) is 9.82. The molecule has 1 N–H and O–H groups in total. The van der Waals surface area contributed by atoms with Crippen molar-refractivity contribution in [3.63, 3.8) is 0 Å². The normalized spacial score (nSPS) is 16.8. The van der Waals surface area contributed by atoms with Crippen LogP contribution in [0.3, 0.4) is 0 Å². The van der Waals surface area contributed by atoms with E-state index in [0.29, 0.717) is 6.04 Å². The number of aliphatic hydroxyl groups excluding tert-OH is 1. The summed E-state index contributed by atoms with van der Waals surface area (Å²) >= 11 is 0. The highest BCUT2D eigenvalue weighted by Gasteiger charge is 2.18. The minimum atomic E-state index is 0.0581. The van der Waals surface area contributed by atoms with E-state index in [4.69, 9.17) is 4.74 Å². The number of hydrogen-bond acceptors (Lipinski definition) is 4. The molecule has 1 aliphatic rings. The molecule has 1 heterocycles. The maximum Gasteiger partial charge on any atom is 0.0687 e. The van der Waals surface area contributed by atoms with Crippen molar-refractivity contribution in [2.75, 3.05) is 40.4 Å². The van der Waals surface area contributed by atoms with Crippen molar-refractivity contribution < 1.29 is 9.84 Å².